The van der Waals surface area contributed by atoms with E-state index in [9.17, 15) is 19.1 Å². The molecule has 6 rings (SSSR count). The Morgan fingerprint density at radius 2 is 1.96 bits per heavy atom. The van der Waals surface area contributed by atoms with Gasteiger partial charge in [0.05, 0.1) is 11.4 Å². The van der Waals surface area contributed by atoms with E-state index in [1.165, 1.54) is 6.20 Å². The van der Waals surface area contributed by atoms with Gasteiger partial charge in [0, 0.05) is 49.9 Å². The maximum Gasteiger partial charge on any atom is 0.341 e. The number of carbonyl (C=O) groups is 1. The van der Waals surface area contributed by atoms with E-state index < -0.39 is 17.6 Å². The maximum atomic E-state index is 14.9. The van der Waals surface area contributed by atoms with Crippen molar-refractivity contribution in [1.82, 2.24) is 14.8 Å². The van der Waals surface area contributed by atoms with E-state index in [1.54, 1.807) is 0 Å². The molecule has 1 saturated heterocycles. The van der Waals surface area contributed by atoms with Gasteiger partial charge in [0.2, 0.25) is 0 Å². The number of allylic oxidation sites excluding steroid dienone is 1. The zero-order chi connectivity index (χ0) is 18.1. The van der Waals surface area contributed by atoms with E-state index in [0.717, 1.165) is 51.1 Å². The number of hydrogen-bond donors (Lipinski definition) is 2. The smallest absolute Gasteiger partial charge is 0.341 e. The van der Waals surface area contributed by atoms with Crippen LogP contribution in [0, 0.1) is 5.92 Å². The van der Waals surface area contributed by atoms with Crippen LogP contribution < -0.4 is 10.7 Å². The number of aromatic nitrogens is 1. The summed E-state index contributed by atoms with van der Waals surface area (Å²) >= 11 is 0. The van der Waals surface area contributed by atoms with Gasteiger partial charge >= 0.3 is 5.97 Å². The molecule has 2 N–H and O–H groups in total. The topological polar surface area (TPSA) is 74.6 Å². The van der Waals surface area contributed by atoms with Gasteiger partial charge in [-0.15, -0.1) is 0 Å². The average molecular weight is 359 g/mol. The third-order valence-electron chi connectivity index (χ3n) is 6.56. The molecule has 1 aromatic heterocycles. The number of carboxylic acids is 1. The Hall–Kier alpha value is -2.15. The quantitative estimate of drug-likeness (QED) is 0.848. The first-order chi connectivity index (χ1) is 12.5. The lowest BCUT2D eigenvalue weighted by Crippen LogP contribution is -2.60. The molecular formula is C19H22FN3O3. The van der Waals surface area contributed by atoms with E-state index in [0.29, 0.717) is 17.2 Å². The fraction of sp³-hybridized carbons (Fsp3) is 0.579. The summed E-state index contributed by atoms with van der Waals surface area (Å²) in [6.07, 6.45) is 5.08. The lowest BCUT2D eigenvalue weighted by Gasteiger charge is -2.63. The molecule has 0 amide bonds. The van der Waals surface area contributed by atoms with Crippen LogP contribution in [0.3, 0.4) is 0 Å². The minimum Gasteiger partial charge on any atom is -0.477 e. The van der Waals surface area contributed by atoms with Crippen molar-refractivity contribution in [3.63, 3.8) is 0 Å². The van der Waals surface area contributed by atoms with E-state index in [4.69, 9.17) is 0 Å². The van der Waals surface area contributed by atoms with Crippen molar-refractivity contribution in [2.45, 2.75) is 37.4 Å². The molecule has 1 aliphatic heterocycles. The van der Waals surface area contributed by atoms with Gasteiger partial charge in [-0.3, -0.25) is 4.79 Å². The van der Waals surface area contributed by atoms with Crippen LogP contribution in [0.1, 0.15) is 40.9 Å². The molecule has 6 nitrogen and oxygen atoms in total. The molecule has 1 aromatic rings. The molecule has 0 radical (unpaired) electrons. The Balaban J connectivity index is 1.67. The number of alkyl halides is 1. The number of piperazine rings is 1. The highest BCUT2D eigenvalue weighted by Gasteiger charge is 2.58. The Morgan fingerprint density at radius 1 is 1.27 bits per heavy atom. The van der Waals surface area contributed by atoms with Gasteiger partial charge in [0.15, 0.2) is 5.43 Å². The van der Waals surface area contributed by atoms with Gasteiger partial charge < -0.3 is 19.9 Å². The molecule has 2 bridgehead atoms. The Morgan fingerprint density at radius 3 is 2.54 bits per heavy atom. The van der Waals surface area contributed by atoms with E-state index >= 15 is 0 Å². The van der Waals surface area contributed by atoms with Gasteiger partial charge in [0.25, 0.3) is 0 Å². The lowest BCUT2D eigenvalue weighted by molar-refractivity contribution is -0.0900. The highest BCUT2D eigenvalue weighted by Crippen LogP contribution is 2.62. The highest BCUT2D eigenvalue weighted by molar-refractivity contribution is 5.88. The molecule has 4 fully saturated rings. The van der Waals surface area contributed by atoms with Gasteiger partial charge in [-0.2, -0.15) is 0 Å². The van der Waals surface area contributed by atoms with E-state index in [-0.39, 0.29) is 17.5 Å². The fourth-order valence-electron chi connectivity index (χ4n) is 5.03. The summed E-state index contributed by atoms with van der Waals surface area (Å²) in [5, 5.41) is 12.7. The zero-order valence-corrected chi connectivity index (χ0v) is 14.5. The SMILES string of the molecule is O=C(O)c1cn(C23CC(C2)C3)c2c(c1=O)CC(F)C(N1CCNCC1)=C2. The molecule has 5 aliphatic rings. The van der Waals surface area contributed by atoms with Crippen LogP contribution in [0.5, 0.6) is 0 Å². The average Bonchev–Trinajstić information content (AvgIpc) is 2.54. The summed E-state index contributed by atoms with van der Waals surface area (Å²) in [5.41, 5.74) is 0.831. The maximum absolute atomic E-state index is 14.9. The number of halogens is 1. The van der Waals surface area contributed by atoms with Crippen LogP contribution in [0.2, 0.25) is 0 Å². The van der Waals surface area contributed by atoms with Crippen molar-refractivity contribution in [2.24, 2.45) is 5.92 Å². The third kappa shape index (κ3) is 2.13. The zero-order valence-electron chi connectivity index (χ0n) is 14.5. The molecule has 7 heteroatoms. The summed E-state index contributed by atoms with van der Waals surface area (Å²) in [6.45, 7) is 3.11. The largest absolute Gasteiger partial charge is 0.477 e. The first-order valence-electron chi connectivity index (χ1n) is 9.32. The molecule has 26 heavy (non-hydrogen) atoms. The van der Waals surface area contributed by atoms with Crippen LogP contribution in [0.4, 0.5) is 4.39 Å². The predicted octanol–water partition coefficient (Wildman–Crippen LogP) is 1.20. The van der Waals surface area contributed by atoms with Crippen molar-refractivity contribution in [1.29, 1.82) is 0 Å². The van der Waals surface area contributed by atoms with E-state index in [1.807, 2.05) is 15.5 Å². The van der Waals surface area contributed by atoms with Gasteiger partial charge in [-0.1, -0.05) is 0 Å². The first kappa shape index (κ1) is 16.1. The van der Waals surface area contributed by atoms with Gasteiger partial charge in [-0.05, 0) is 31.3 Å². The second-order valence-corrected chi connectivity index (χ2v) is 8.09. The third-order valence-corrected chi connectivity index (χ3v) is 6.56. The van der Waals surface area contributed by atoms with Crippen LogP contribution in [0.15, 0.2) is 16.7 Å². The fourth-order valence-corrected chi connectivity index (χ4v) is 5.03. The predicted molar refractivity (Wildman–Crippen MR) is 94.0 cm³/mol. The number of hydrogen-bond acceptors (Lipinski definition) is 4. The molecule has 1 atom stereocenters. The Kier molecular flexibility index (Phi) is 3.35. The highest BCUT2D eigenvalue weighted by atomic mass is 19.1. The number of nitrogens with zero attached hydrogens (tertiary/aromatic N) is 2. The Labute approximate surface area is 150 Å². The number of carboxylic acid groups (broad SMARTS) is 1. The summed E-state index contributed by atoms with van der Waals surface area (Å²) in [4.78, 5) is 26.3. The van der Waals surface area contributed by atoms with Crippen LogP contribution in [-0.2, 0) is 12.0 Å². The minimum atomic E-state index is -1.26. The number of nitrogens with one attached hydrogen (secondary N) is 1. The lowest BCUT2D eigenvalue weighted by atomic mass is 9.49. The number of pyridine rings is 1. The monoisotopic (exact) mass is 359 g/mol. The summed E-state index contributed by atoms with van der Waals surface area (Å²) in [5.74, 6) is -0.516. The molecule has 1 unspecified atom stereocenters. The number of rotatable bonds is 3. The summed E-state index contributed by atoms with van der Waals surface area (Å²) < 4.78 is 16.9. The van der Waals surface area contributed by atoms with Crippen LogP contribution in [0.25, 0.3) is 6.08 Å². The summed E-state index contributed by atoms with van der Waals surface area (Å²) in [6, 6.07) is 0. The van der Waals surface area contributed by atoms with Crippen molar-refractivity contribution in [3.8, 4) is 0 Å². The van der Waals surface area contributed by atoms with Crippen molar-refractivity contribution in [2.75, 3.05) is 26.2 Å². The van der Waals surface area contributed by atoms with Crippen molar-refractivity contribution >= 4 is 12.0 Å². The standard InChI is InChI=1S/C19H22FN3O3/c20-14-5-12-15(6-16(14)22-3-1-21-2-4-22)23(19-7-11(8-19)9-19)10-13(17(12)24)18(25)26/h6,10-11,14,21H,1-5,7-9H2,(H,25,26). The number of fused-ring (bicyclic) bond motifs is 1. The Bertz CT molecular complexity index is 868. The molecule has 2 heterocycles. The van der Waals surface area contributed by atoms with Crippen molar-refractivity contribution < 1.29 is 14.3 Å². The van der Waals surface area contributed by atoms with Gasteiger partial charge in [0.1, 0.15) is 11.7 Å². The first-order valence-corrected chi connectivity index (χ1v) is 9.32. The number of aromatic carboxylic acids is 1. The summed E-state index contributed by atoms with van der Waals surface area (Å²) in [7, 11) is 0. The molecule has 0 aromatic carbocycles. The molecule has 4 aliphatic carbocycles. The van der Waals surface area contributed by atoms with Crippen molar-refractivity contribution in [3.05, 3.63) is 38.9 Å². The van der Waals surface area contributed by atoms with Gasteiger partial charge in [-0.25, -0.2) is 9.18 Å². The minimum absolute atomic E-state index is 0.0371. The molecule has 0 spiro atoms. The van der Waals surface area contributed by atoms with E-state index in [2.05, 4.69) is 5.32 Å². The molecular weight excluding hydrogens is 337 g/mol. The molecule has 138 valence electrons. The normalized spacial score (nSPS) is 32.2. The molecule has 3 saturated carbocycles. The second-order valence-electron chi connectivity index (χ2n) is 8.09. The second kappa shape index (κ2) is 5.42. The van der Waals surface area contributed by atoms with Crippen LogP contribution in [-0.4, -0.2) is 52.9 Å². The van der Waals surface area contributed by atoms with Crippen LogP contribution >= 0.6 is 0 Å².